The molecule has 10 nitrogen and oxygen atoms in total. The molecule has 0 amide bonds. The van der Waals surface area contributed by atoms with Crippen molar-refractivity contribution >= 4 is 29.0 Å². The predicted molar refractivity (Wildman–Crippen MR) is 141 cm³/mol. The van der Waals surface area contributed by atoms with Crippen LogP contribution < -0.4 is 10.3 Å². The maximum Gasteiger partial charge on any atom is 0.514 e. The topological polar surface area (TPSA) is 123 Å². The molecule has 0 bridgehead atoms. The minimum Gasteiger partial charge on any atom is -0.457 e. The van der Waals surface area contributed by atoms with Gasteiger partial charge in [-0.1, -0.05) is 13.8 Å². The number of nitrogens with zero attached hydrogens (tertiary/aromatic N) is 2. The number of benzene rings is 1. The Morgan fingerprint density at radius 2 is 1.81 bits per heavy atom. The Balaban J connectivity index is 1.64. The second-order valence-electron chi connectivity index (χ2n) is 11.0. The number of halogens is 3. The molecule has 0 aliphatic carbocycles. The van der Waals surface area contributed by atoms with Crippen LogP contribution in [0.4, 0.5) is 18.0 Å². The van der Waals surface area contributed by atoms with E-state index in [-0.39, 0.29) is 29.1 Å². The smallest absolute Gasteiger partial charge is 0.457 e. The summed E-state index contributed by atoms with van der Waals surface area (Å²) in [4.78, 5) is 55.3. The number of alkyl halides is 3. The summed E-state index contributed by atoms with van der Waals surface area (Å²) in [6, 6.07) is 6.20. The van der Waals surface area contributed by atoms with E-state index in [1.54, 1.807) is 32.9 Å². The van der Waals surface area contributed by atoms with Crippen molar-refractivity contribution in [2.24, 2.45) is 0 Å². The van der Waals surface area contributed by atoms with Crippen molar-refractivity contribution in [2.75, 3.05) is 0 Å². The molecule has 0 saturated carbocycles. The Bertz CT molecular complexity index is 1720. The van der Waals surface area contributed by atoms with E-state index in [1.165, 1.54) is 23.6 Å². The van der Waals surface area contributed by atoms with Crippen molar-refractivity contribution in [1.82, 2.24) is 9.55 Å². The number of hydrogen-bond acceptors (Lipinski definition) is 9. The van der Waals surface area contributed by atoms with Crippen LogP contribution in [0.3, 0.4) is 0 Å². The average Bonchev–Trinajstić information content (AvgIpc) is 3.26. The molecule has 2 aromatic heterocycles. The van der Waals surface area contributed by atoms with Crippen LogP contribution >= 0.6 is 0 Å². The van der Waals surface area contributed by atoms with E-state index in [0.29, 0.717) is 28.6 Å². The van der Waals surface area contributed by atoms with Crippen LogP contribution in [0.5, 0.6) is 5.75 Å². The Kier molecular flexibility index (Phi) is 6.82. The lowest BCUT2D eigenvalue weighted by molar-refractivity contribution is -0.223. The van der Waals surface area contributed by atoms with Crippen LogP contribution in [0.1, 0.15) is 63.3 Å². The molecule has 4 heterocycles. The average molecular weight is 589 g/mol. The van der Waals surface area contributed by atoms with Crippen molar-refractivity contribution in [3.05, 3.63) is 56.9 Å². The zero-order valence-corrected chi connectivity index (χ0v) is 23.4. The number of carbonyl (C=O) groups excluding carboxylic acids is 3. The molecule has 3 aromatic rings. The quantitative estimate of drug-likeness (QED) is 0.183. The Hall–Kier alpha value is -4.42. The molecule has 42 heavy (non-hydrogen) atoms. The molecule has 222 valence electrons. The Morgan fingerprint density at radius 1 is 1.10 bits per heavy atom. The number of aromatic nitrogens is 2. The number of hydrogen-bond donors (Lipinski definition) is 0. The van der Waals surface area contributed by atoms with E-state index in [4.69, 9.17) is 23.9 Å². The zero-order valence-electron chi connectivity index (χ0n) is 23.4. The summed E-state index contributed by atoms with van der Waals surface area (Å²) in [5.74, 6) is -3.54. The first-order valence-electron chi connectivity index (χ1n) is 13.2. The third-order valence-electron chi connectivity index (χ3n) is 7.19. The highest BCUT2D eigenvalue weighted by molar-refractivity contribution is 5.91. The number of carbonyl (C=O) groups is 3. The van der Waals surface area contributed by atoms with Crippen molar-refractivity contribution in [3.63, 3.8) is 0 Å². The Labute approximate surface area is 237 Å². The van der Waals surface area contributed by atoms with E-state index < -0.39 is 54.1 Å². The molecule has 5 rings (SSSR count). The van der Waals surface area contributed by atoms with E-state index in [0.717, 1.165) is 5.56 Å². The van der Waals surface area contributed by atoms with Gasteiger partial charge in [0.05, 0.1) is 29.0 Å². The molecule has 13 heteroatoms. The van der Waals surface area contributed by atoms with Crippen molar-refractivity contribution in [1.29, 1.82) is 0 Å². The molecule has 1 aromatic carbocycles. The Morgan fingerprint density at radius 3 is 2.43 bits per heavy atom. The molecular formula is C29H27F3N2O8. The minimum absolute atomic E-state index is 0.0846. The van der Waals surface area contributed by atoms with Crippen LogP contribution in [-0.4, -0.2) is 39.4 Å². The summed E-state index contributed by atoms with van der Waals surface area (Å²) in [5.41, 5.74) is -1.41. The van der Waals surface area contributed by atoms with Gasteiger partial charge in [-0.05, 0) is 63.4 Å². The van der Waals surface area contributed by atoms with Gasteiger partial charge in [-0.3, -0.25) is 4.79 Å². The molecule has 0 radical (unpaired) electrons. The molecule has 0 spiro atoms. The number of rotatable bonds is 4. The summed E-state index contributed by atoms with van der Waals surface area (Å²) < 4.78 is 61.3. The second kappa shape index (κ2) is 9.85. The molecule has 0 saturated heterocycles. The van der Waals surface area contributed by atoms with Crippen molar-refractivity contribution in [3.8, 4) is 17.1 Å². The van der Waals surface area contributed by atoms with Gasteiger partial charge >= 0.3 is 24.3 Å². The first kappa shape index (κ1) is 29.1. The van der Waals surface area contributed by atoms with Crippen LogP contribution in [0.2, 0.25) is 0 Å². The molecule has 1 atom stereocenters. The SMILES string of the molecule is CCc1c2c(nc3ccc(OC(=O)OC(C)(C)C)cc13)-c1cc3c(c(=O)n1C2)COC(=O)[C@@]3(CC)OC(=O)C(F)(F)F. The lowest BCUT2D eigenvalue weighted by Gasteiger charge is -2.35. The monoisotopic (exact) mass is 588 g/mol. The number of pyridine rings is 2. The third-order valence-corrected chi connectivity index (χ3v) is 7.19. The lowest BCUT2D eigenvalue weighted by atomic mass is 9.85. The maximum absolute atomic E-state index is 13.7. The van der Waals surface area contributed by atoms with E-state index in [1.807, 2.05) is 6.92 Å². The molecular weight excluding hydrogens is 561 g/mol. The highest BCUT2D eigenvalue weighted by Gasteiger charge is 2.54. The molecule has 0 fully saturated rings. The summed E-state index contributed by atoms with van der Waals surface area (Å²) >= 11 is 0. The molecule has 2 aliphatic rings. The number of esters is 2. The summed E-state index contributed by atoms with van der Waals surface area (Å²) in [6.07, 6.45) is -6.15. The van der Waals surface area contributed by atoms with Gasteiger partial charge in [-0.2, -0.15) is 13.2 Å². The fraction of sp³-hybridized carbons (Fsp3) is 0.414. The summed E-state index contributed by atoms with van der Waals surface area (Å²) in [5, 5.41) is 0.670. The number of fused-ring (bicyclic) bond motifs is 5. The van der Waals surface area contributed by atoms with Gasteiger partial charge in [0.2, 0.25) is 5.60 Å². The lowest BCUT2D eigenvalue weighted by Crippen LogP contribution is -2.49. The molecule has 2 aliphatic heterocycles. The zero-order chi connectivity index (χ0) is 30.8. The normalized spacial score (nSPS) is 17.7. The van der Waals surface area contributed by atoms with Gasteiger partial charge in [-0.15, -0.1) is 0 Å². The van der Waals surface area contributed by atoms with Crippen molar-refractivity contribution < 1.29 is 46.5 Å². The summed E-state index contributed by atoms with van der Waals surface area (Å²) in [6.45, 7) is 7.99. The van der Waals surface area contributed by atoms with E-state index >= 15 is 0 Å². The standard InChI is InChI=1S/C29H27F3N2O8/c1-6-15-16-10-14(40-26(38)42-27(3,4)5)8-9-20(16)33-22-17(15)12-34-21(22)11-19-18(23(34)35)13-39-24(36)28(19,7-2)41-25(37)29(30,31)32/h8-11H,6-7,12-13H2,1-5H3/t28-/m0/s1. The number of aryl methyl sites for hydroxylation is 1. The van der Waals surface area contributed by atoms with Crippen LogP contribution in [0.15, 0.2) is 29.1 Å². The first-order valence-corrected chi connectivity index (χ1v) is 13.2. The number of ether oxygens (including phenoxy) is 4. The largest absolute Gasteiger partial charge is 0.514 e. The maximum atomic E-state index is 13.7. The van der Waals surface area contributed by atoms with Gasteiger partial charge in [0.1, 0.15) is 18.0 Å². The fourth-order valence-corrected chi connectivity index (χ4v) is 5.35. The number of cyclic esters (lactones) is 1. The summed E-state index contributed by atoms with van der Waals surface area (Å²) in [7, 11) is 0. The first-order chi connectivity index (χ1) is 19.6. The predicted octanol–water partition coefficient (Wildman–Crippen LogP) is 5.07. The van der Waals surface area contributed by atoms with E-state index in [9.17, 15) is 32.3 Å². The minimum atomic E-state index is -5.37. The van der Waals surface area contributed by atoms with Gasteiger partial charge in [0.25, 0.3) is 5.56 Å². The molecule has 0 N–H and O–H groups in total. The van der Waals surface area contributed by atoms with Crippen molar-refractivity contribution in [2.45, 2.75) is 78.0 Å². The molecule has 0 unspecified atom stereocenters. The highest BCUT2D eigenvalue weighted by Crippen LogP contribution is 2.43. The van der Waals surface area contributed by atoms with E-state index in [2.05, 4.69) is 0 Å². The van der Waals surface area contributed by atoms with Gasteiger partial charge in [0.15, 0.2) is 0 Å². The van der Waals surface area contributed by atoms with Gasteiger partial charge in [0, 0.05) is 16.5 Å². The fourth-order valence-electron chi connectivity index (χ4n) is 5.35. The highest BCUT2D eigenvalue weighted by atomic mass is 19.4. The van der Waals surface area contributed by atoms with Gasteiger partial charge < -0.3 is 23.5 Å². The third kappa shape index (κ3) is 4.76. The van der Waals surface area contributed by atoms with Crippen LogP contribution in [0.25, 0.3) is 22.3 Å². The van der Waals surface area contributed by atoms with Gasteiger partial charge in [-0.25, -0.2) is 19.4 Å². The van der Waals surface area contributed by atoms with Crippen LogP contribution in [-0.2, 0) is 49.0 Å². The second-order valence-corrected chi connectivity index (χ2v) is 11.0. The van der Waals surface area contributed by atoms with Crippen LogP contribution in [0, 0.1) is 0 Å².